The third-order valence-electron chi connectivity index (χ3n) is 2.71. The van der Waals surface area contributed by atoms with E-state index in [1.807, 2.05) is 0 Å². The molecule has 0 bridgehead atoms. The van der Waals surface area contributed by atoms with Gasteiger partial charge >= 0.3 is 5.97 Å². The summed E-state index contributed by atoms with van der Waals surface area (Å²) < 4.78 is 30.8. The SMILES string of the molecule is COC(=O)C1CN(S(=O)(=O)c2cccs2)CCN1. The van der Waals surface area contributed by atoms with Crippen LogP contribution in [-0.4, -0.2) is 51.5 Å². The van der Waals surface area contributed by atoms with Crippen LogP contribution in [0.3, 0.4) is 0 Å². The van der Waals surface area contributed by atoms with E-state index >= 15 is 0 Å². The predicted molar refractivity (Wildman–Crippen MR) is 66.9 cm³/mol. The Balaban J connectivity index is 2.17. The molecule has 0 saturated carbocycles. The van der Waals surface area contributed by atoms with Crippen molar-refractivity contribution in [3.63, 3.8) is 0 Å². The van der Waals surface area contributed by atoms with Crippen molar-refractivity contribution in [1.82, 2.24) is 9.62 Å². The first kappa shape index (κ1) is 13.5. The molecule has 1 aliphatic rings. The van der Waals surface area contributed by atoms with Crippen LogP contribution in [0.15, 0.2) is 21.7 Å². The third kappa shape index (κ3) is 2.56. The van der Waals surface area contributed by atoms with E-state index in [1.165, 1.54) is 22.8 Å². The first-order valence-electron chi connectivity index (χ1n) is 5.40. The fourth-order valence-corrected chi connectivity index (χ4v) is 4.38. The highest BCUT2D eigenvalue weighted by molar-refractivity contribution is 7.91. The average Bonchev–Trinajstić information content (AvgIpc) is 2.92. The molecule has 6 nitrogen and oxygen atoms in total. The van der Waals surface area contributed by atoms with Gasteiger partial charge in [-0.05, 0) is 11.4 Å². The molecular formula is C10H14N2O4S2. The fraction of sp³-hybridized carbons (Fsp3) is 0.500. The molecule has 0 radical (unpaired) electrons. The number of thiophene rings is 1. The second-order valence-corrected chi connectivity index (χ2v) is 6.94. The van der Waals surface area contributed by atoms with E-state index < -0.39 is 22.0 Å². The Morgan fingerprint density at radius 2 is 2.39 bits per heavy atom. The number of hydrogen-bond donors (Lipinski definition) is 1. The second kappa shape index (κ2) is 5.35. The summed E-state index contributed by atoms with van der Waals surface area (Å²) >= 11 is 1.17. The van der Waals surface area contributed by atoms with Gasteiger partial charge in [0.05, 0.1) is 7.11 Å². The molecule has 1 N–H and O–H groups in total. The van der Waals surface area contributed by atoms with E-state index in [0.29, 0.717) is 17.3 Å². The van der Waals surface area contributed by atoms with E-state index in [9.17, 15) is 13.2 Å². The van der Waals surface area contributed by atoms with E-state index in [2.05, 4.69) is 10.1 Å². The lowest BCUT2D eigenvalue weighted by molar-refractivity contribution is -0.143. The van der Waals surface area contributed by atoms with Crippen molar-refractivity contribution < 1.29 is 17.9 Å². The number of nitrogens with one attached hydrogen (secondary N) is 1. The minimum Gasteiger partial charge on any atom is -0.468 e. The first-order valence-corrected chi connectivity index (χ1v) is 7.72. The standard InChI is InChI=1S/C10H14N2O4S2/c1-16-10(13)8-7-12(5-4-11-8)18(14,15)9-3-2-6-17-9/h2-3,6,8,11H,4-5,7H2,1H3. The molecule has 1 unspecified atom stereocenters. The summed E-state index contributed by atoms with van der Waals surface area (Å²) in [6.45, 7) is 0.894. The number of piperazine rings is 1. The molecule has 100 valence electrons. The largest absolute Gasteiger partial charge is 0.468 e. The Labute approximate surface area is 110 Å². The molecule has 0 spiro atoms. The van der Waals surface area contributed by atoms with Crippen LogP contribution in [0.25, 0.3) is 0 Å². The van der Waals surface area contributed by atoms with Gasteiger partial charge in [-0.3, -0.25) is 4.79 Å². The van der Waals surface area contributed by atoms with Crippen molar-refractivity contribution in [3.8, 4) is 0 Å². The Morgan fingerprint density at radius 1 is 1.61 bits per heavy atom. The molecule has 0 aromatic carbocycles. The van der Waals surface area contributed by atoms with Crippen molar-refractivity contribution in [2.45, 2.75) is 10.3 Å². The number of ether oxygens (including phenoxy) is 1. The van der Waals surface area contributed by atoms with Crippen molar-refractivity contribution in [2.75, 3.05) is 26.7 Å². The van der Waals surface area contributed by atoms with Gasteiger partial charge in [-0.25, -0.2) is 8.42 Å². The van der Waals surface area contributed by atoms with Crippen molar-refractivity contribution in [1.29, 1.82) is 0 Å². The van der Waals surface area contributed by atoms with Gasteiger partial charge in [0.1, 0.15) is 10.3 Å². The zero-order chi connectivity index (χ0) is 13.2. The molecule has 2 heterocycles. The van der Waals surface area contributed by atoms with E-state index in [0.717, 1.165) is 0 Å². The topological polar surface area (TPSA) is 75.7 Å². The minimum absolute atomic E-state index is 0.104. The smallest absolute Gasteiger partial charge is 0.324 e. The minimum atomic E-state index is -3.49. The summed E-state index contributed by atoms with van der Waals surface area (Å²) in [5, 5.41) is 4.66. The molecule has 8 heteroatoms. The molecule has 0 aliphatic carbocycles. The Hall–Kier alpha value is -0.960. The summed E-state index contributed by atoms with van der Waals surface area (Å²) in [6.07, 6.45) is 0. The second-order valence-electron chi connectivity index (χ2n) is 3.83. The molecule has 18 heavy (non-hydrogen) atoms. The molecule has 1 aromatic rings. The highest BCUT2D eigenvalue weighted by Gasteiger charge is 2.33. The maximum Gasteiger partial charge on any atom is 0.324 e. The van der Waals surface area contributed by atoms with E-state index in [-0.39, 0.29) is 6.54 Å². The molecule has 1 saturated heterocycles. The van der Waals surface area contributed by atoms with Crippen molar-refractivity contribution in [3.05, 3.63) is 17.5 Å². The first-order chi connectivity index (χ1) is 8.55. The number of esters is 1. The Morgan fingerprint density at radius 3 is 3.00 bits per heavy atom. The number of carbonyl (C=O) groups excluding carboxylic acids is 1. The zero-order valence-corrected chi connectivity index (χ0v) is 11.5. The molecule has 1 fully saturated rings. The van der Waals surface area contributed by atoms with Gasteiger partial charge in [0.25, 0.3) is 10.0 Å². The molecule has 1 aliphatic heterocycles. The molecule has 1 aromatic heterocycles. The number of hydrogen-bond acceptors (Lipinski definition) is 6. The lowest BCUT2D eigenvalue weighted by Crippen LogP contribution is -2.55. The number of sulfonamides is 1. The third-order valence-corrected chi connectivity index (χ3v) is 5.95. The van der Waals surface area contributed by atoms with E-state index in [1.54, 1.807) is 17.5 Å². The molecule has 0 amide bonds. The lowest BCUT2D eigenvalue weighted by Gasteiger charge is -2.30. The Kier molecular flexibility index (Phi) is 4.00. The van der Waals surface area contributed by atoms with Crippen LogP contribution in [0, 0.1) is 0 Å². The van der Waals surface area contributed by atoms with Gasteiger partial charge < -0.3 is 10.1 Å². The van der Waals surface area contributed by atoms with Crippen LogP contribution in [0.5, 0.6) is 0 Å². The van der Waals surface area contributed by atoms with Crippen LogP contribution < -0.4 is 5.32 Å². The number of methoxy groups -OCH3 is 1. The lowest BCUT2D eigenvalue weighted by atomic mass is 10.2. The summed E-state index contributed by atoms with van der Waals surface area (Å²) in [5.41, 5.74) is 0. The summed E-state index contributed by atoms with van der Waals surface area (Å²) in [4.78, 5) is 11.4. The molecule has 2 rings (SSSR count). The van der Waals surface area contributed by atoms with Crippen LogP contribution >= 0.6 is 11.3 Å². The quantitative estimate of drug-likeness (QED) is 0.786. The van der Waals surface area contributed by atoms with Crippen LogP contribution in [-0.2, 0) is 19.6 Å². The number of carbonyl (C=O) groups is 1. The van der Waals surface area contributed by atoms with Gasteiger partial charge in [0, 0.05) is 19.6 Å². The van der Waals surface area contributed by atoms with Gasteiger partial charge in [-0.2, -0.15) is 4.31 Å². The van der Waals surface area contributed by atoms with Gasteiger partial charge in [-0.15, -0.1) is 11.3 Å². The normalized spacial score (nSPS) is 21.7. The summed E-state index contributed by atoms with van der Waals surface area (Å²) in [7, 11) is -2.20. The maximum atomic E-state index is 12.3. The predicted octanol–water partition coefficient (Wildman–Crippen LogP) is -0.116. The van der Waals surface area contributed by atoms with Gasteiger partial charge in [0.15, 0.2) is 0 Å². The maximum absolute atomic E-state index is 12.3. The molecule has 1 atom stereocenters. The van der Waals surface area contributed by atoms with Crippen LogP contribution in [0.4, 0.5) is 0 Å². The van der Waals surface area contributed by atoms with Gasteiger partial charge in [-0.1, -0.05) is 6.07 Å². The van der Waals surface area contributed by atoms with Crippen molar-refractivity contribution >= 4 is 27.3 Å². The monoisotopic (exact) mass is 290 g/mol. The van der Waals surface area contributed by atoms with Crippen molar-refractivity contribution in [2.24, 2.45) is 0 Å². The zero-order valence-electron chi connectivity index (χ0n) is 9.83. The highest BCUT2D eigenvalue weighted by Crippen LogP contribution is 2.21. The highest BCUT2D eigenvalue weighted by atomic mass is 32.2. The van der Waals surface area contributed by atoms with Gasteiger partial charge in [0.2, 0.25) is 0 Å². The van der Waals surface area contributed by atoms with Crippen LogP contribution in [0.1, 0.15) is 0 Å². The van der Waals surface area contributed by atoms with Crippen LogP contribution in [0.2, 0.25) is 0 Å². The molecular weight excluding hydrogens is 276 g/mol. The Bertz CT molecular complexity index is 512. The summed E-state index contributed by atoms with van der Waals surface area (Å²) in [5.74, 6) is -0.443. The average molecular weight is 290 g/mol. The number of nitrogens with zero attached hydrogens (tertiary/aromatic N) is 1. The summed E-state index contributed by atoms with van der Waals surface area (Å²) in [6, 6.07) is 2.66. The number of rotatable bonds is 3. The van der Waals surface area contributed by atoms with E-state index in [4.69, 9.17) is 0 Å². The fourth-order valence-electron chi connectivity index (χ4n) is 1.78.